The van der Waals surface area contributed by atoms with Gasteiger partial charge < -0.3 is 19.7 Å². The number of carbonyl (C=O) groups excluding carboxylic acids is 7. The van der Waals surface area contributed by atoms with E-state index in [0.29, 0.717) is 24.4 Å². The fourth-order valence-corrected chi connectivity index (χ4v) is 9.84. The topological polar surface area (TPSA) is 173 Å². The van der Waals surface area contributed by atoms with Crippen molar-refractivity contribution in [3.8, 4) is 0 Å². The summed E-state index contributed by atoms with van der Waals surface area (Å²) in [6.45, 7) is 15.2. The minimum Gasteiger partial charge on any atom is -0.466 e. The molecule has 0 saturated carbocycles. The molecule has 3 heterocycles. The zero-order valence-electron chi connectivity index (χ0n) is 39.9. The van der Waals surface area contributed by atoms with E-state index in [9.17, 15) is 33.6 Å². The van der Waals surface area contributed by atoms with Gasteiger partial charge in [-0.3, -0.25) is 43.4 Å². The van der Waals surface area contributed by atoms with E-state index in [-0.39, 0.29) is 72.5 Å². The number of esters is 2. The third kappa shape index (κ3) is 16.0. The lowest BCUT2D eigenvalue weighted by atomic mass is 9.82. The van der Waals surface area contributed by atoms with Gasteiger partial charge in [-0.1, -0.05) is 90.6 Å². The van der Waals surface area contributed by atoms with Crippen LogP contribution in [0.5, 0.6) is 0 Å². The minimum atomic E-state index is -0.840. The summed E-state index contributed by atoms with van der Waals surface area (Å²) >= 11 is 1.21. The molecule has 0 aliphatic carbocycles. The Hall–Kier alpha value is -4.76. The number of unbranched alkanes of at least 4 members (excludes halogenated alkanes) is 3. The Morgan fingerprint density at radius 1 is 0.923 bits per heavy atom. The van der Waals surface area contributed by atoms with Gasteiger partial charge in [0.15, 0.2) is 11.9 Å². The van der Waals surface area contributed by atoms with E-state index in [1.165, 1.54) is 35.3 Å². The summed E-state index contributed by atoms with van der Waals surface area (Å²) in [6, 6.07) is 8.68. The first kappa shape index (κ1) is 52.9. The average molecular weight is 920 g/mol. The molecule has 1 fully saturated rings. The van der Waals surface area contributed by atoms with Crippen molar-refractivity contribution in [2.75, 3.05) is 33.3 Å². The molecule has 1 aromatic heterocycles. The van der Waals surface area contributed by atoms with Gasteiger partial charge in [0.25, 0.3) is 17.7 Å². The lowest BCUT2D eigenvalue weighted by molar-refractivity contribution is -0.150. The van der Waals surface area contributed by atoms with E-state index >= 15 is 0 Å². The summed E-state index contributed by atoms with van der Waals surface area (Å²) in [5.41, 5.74) is 1.16. The summed E-state index contributed by atoms with van der Waals surface area (Å²) in [4.78, 5) is 101. The van der Waals surface area contributed by atoms with E-state index in [0.717, 1.165) is 70.0 Å². The Kier molecular flexibility index (Phi) is 21.5. The van der Waals surface area contributed by atoms with Crippen LogP contribution in [-0.2, 0) is 44.7 Å². The van der Waals surface area contributed by atoms with Crippen LogP contribution in [0.2, 0.25) is 0 Å². The van der Waals surface area contributed by atoms with Crippen LogP contribution in [0.25, 0.3) is 0 Å². The maximum absolute atomic E-state index is 14.6. The molecule has 15 heteroatoms. The maximum Gasteiger partial charge on any atom is 0.308 e. The molecule has 4 rings (SSSR count). The van der Waals surface area contributed by atoms with Gasteiger partial charge in [-0.25, -0.2) is 4.98 Å². The molecular formula is C50H73N5O9S. The Balaban J connectivity index is 1.43. The van der Waals surface area contributed by atoms with Crippen LogP contribution in [0.4, 0.5) is 0 Å². The molecule has 2 aliphatic heterocycles. The molecule has 4 amide bonds. The number of amides is 4. The standard InChI is InChI=1S/C50H73N5O9S/c1-9-34(5)39(30-43(57)41-22-16-19-26-54(41)25-17-11-12-18-27-55-45(58)23-24-46(55)59)49(61)53(8)42(33(3)4)31-44(64-36(7)56)48-52-40(32-65-48)47(60)51-38(28-35(6)50(62)63-10-2)29-37-20-14-13-15-21-37/h13-15,20-21,23-24,32-35,38-39,41-42,44H,9-12,16-19,22,25-31H2,1-8H3,(H,51,60)/t34-,35-,38+,39-,41+,42+,44+/m0/s1. The van der Waals surface area contributed by atoms with Gasteiger partial charge in [-0.2, -0.15) is 0 Å². The number of Topliss-reactive ketones (excluding diaryl/α,β-unsaturated/α-hetero) is 1. The average Bonchev–Trinajstić information content (AvgIpc) is 3.91. The number of thiazole rings is 1. The number of rotatable bonds is 27. The van der Waals surface area contributed by atoms with Crippen molar-refractivity contribution in [2.45, 2.75) is 150 Å². The van der Waals surface area contributed by atoms with E-state index in [1.54, 1.807) is 31.2 Å². The maximum atomic E-state index is 14.6. The SMILES string of the molecule is CCOC(=O)[C@@H](C)C[C@H](Cc1ccccc1)NC(=O)c1csc([C@@H](C[C@H](C(C)C)N(C)C(=O)[C@@H](CC(=O)[C@H]2CCCCN2CCCCCCN2C(=O)C=CC2=O)[C@@H](C)CC)OC(C)=O)n1. The third-order valence-electron chi connectivity index (χ3n) is 12.9. The Bertz CT molecular complexity index is 1920. The van der Waals surface area contributed by atoms with Gasteiger partial charge >= 0.3 is 11.9 Å². The highest BCUT2D eigenvalue weighted by Gasteiger charge is 2.38. The van der Waals surface area contributed by atoms with E-state index in [4.69, 9.17) is 9.47 Å². The smallest absolute Gasteiger partial charge is 0.308 e. The summed E-state index contributed by atoms with van der Waals surface area (Å²) in [5.74, 6) is -2.91. The van der Waals surface area contributed by atoms with Crippen LogP contribution in [0.1, 0.15) is 146 Å². The van der Waals surface area contributed by atoms with Crippen molar-refractivity contribution in [2.24, 2.45) is 23.7 Å². The highest BCUT2D eigenvalue weighted by molar-refractivity contribution is 7.09. The van der Waals surface area contributed by atoms with E-state index in [2.05, 4.69) is 15.2 Å². The van der Waals surface area contributed by atoms with Gasteiger partial charge in [0, 0.05) is 68.9 Å². The predicted octanol–water partition coefficient (Wildman–Crippen LogP) is 7.51. The quantitative estimate of drug-likeness (QED) is 0.0534. The van der Waals surface area contributed by atoms with Crippen LogP contribution in [0, 0.1) is 23.7 Å². The molecule has 0 radical (unpaired) electrons. The molecule has 7 atom stereocenters. The molecule has 0 unspecified atom stereocenters. The number of hydrogen-bond acceptors (Lipinski definition) is 12. The number of ketones is 1. The van der Waals surface area contributed by atoms with Crippen molar-refractivity contribution >= 4 is 52.7 Å². The molecule has 65 heavy (non-hydrogen) atoms. The number of hydrogen-bond donors (Lipinski definition) is 1. The second-order valence-electron chi connectivity index (χ2n) is 18.2. The van der Waals surface area contributed by atoms with Crippen molar-refractivity contribution in [1.29, 1.82) is 0 Å². The first-order valence-corrected chi connectivity index (χ1v) is 24.6. The Morgan fingerprint density at radius 3 is 2.23 bits per heavy atom. The molecule has 14 nitrogen and oxygen atoms in total. The molecule has 0 spiro atoms. The van der Waals surface area contributed by atoms with Crippen LogP contribution >= 0.6 is 11.3 Å². The zero-order chi connectivity index (χ0) is 47.6. The summed E-state index contributed by atoms with van der Waals surface area (Å²) in [5, 5.41) is 5.14. The van der Waals surface area contributed by atoms with Gasteiger partial charge in [0.1, 0.15) is 10.7 Å². The number of nitrogens with one attached hydrogen (secondary N) is 1. The van der Waals surface area contributed by atoms with Crippen LogP contribution in [-0.4, -0.2) is 112 Å². The number of benzene rings is 1. The number of aromatic nitrogens is 1. The lowest BCUT2D eigenvalue weighted by Crippen LogP contribution is -2.49. The normalized spacial score (nSPS) is 18.2. The fraction of sp³-hybridized carbons (Fsp3) is 0.640. The summed E-state index contributed by atoms with van der Waals surface area (Å²) < 4.78 is 11.1. The molecule has 2 aromatic rings. The molecule has 1 saturated heterocycles. The molecular weight excluding hydrogens is 847 g/mol. The number of carbonyl (C=O) groups is 7. The highest BCUT2D eigenvalue weighted by atomic mass is 32.1. The van der Waals surface area contributed by atoms with Crippen molar-refractivity contribution < 1.29 is 43.0 Å². The van der Waals surface area contributed by atoms with Crippen molar-refractivity contribution in [3.63, 3.8) is 0 Å². The number of likely N-dealkylation sites (tertiary alicyclic amines) is 1. The molecule has 1 N–H and O–H groups in total. The third-order valence-corrected chi connectivity index (χ3v) is 13.9. The fourth-order valence-electron chi connectivity index (χ4n) is 9.00. The van der Waals surface area contributed by atoms with Crippen LogP contribution < -0.4 is 5.32 Å². The molecule has 358 valence electrons. The predicted molar refractivity (Wildman–Crippen MR) is 251 cm³/mol. The number of imide groups is 1. The number of piperidine rings is 1. The largest absolute Gasteiger partial charge is 0.466 e. The number of ether oxygens (including phenoxy) is 2. The zero-order valence-corrected chi connectivity index (χ0v) is 40.7. The van der Waals surface area contributed by atoms with Crippen LogP contribution in [0.3, 0.4) is 0 Å². The van der Waals surface area contributed by atoms with Gasteiger partial charge in [-0.05, 0) is 75.9 Å². The molecule has 1 aromatic carbocycles. The summed E-state index contributed by atoms with van der Waals surface area (Å²) in [6.07, 6.45) is 9.90. The monoisotopic (exact) mass is 920 g/mol. The van der Waals surface area contributed by atoms with Gasteiger partial charge in [0.05, 0.1) is 18.6 Å². The minimum absolute atomic E-state index is 0.0556. The van der Waals surface area contributed by atoms with E-state index in [1.807, 2.05) is 58.0 Å². The van der Waals surface area contributed by atoms with Gasteiger partial charge in [-0.15, -0.1) is 11.3 Å². The van der Waals surface area contributed by atoms with Crippen molar-refractivity contribution in [1.82, 2.24) is 25.0 Å². The summed E-state index contributed by atoms with van der Waals surface area (Å²) in [7, 11) is 1.77. The van der Waals surface area contributed by atoms with Crippen LogP contribution in [0.15, 0.2) is 47.9 Å². The first-order chi connectivity index (χ1) is 31.0. The first-order valence-electron chi connectivity index (χ1n) is 23.7. The second-order valence-corrected chi connectivity index (χ2v) is 19.1. The second kappa shape index (κ2) is 26.4. The molecule has 0 bridgehead atoms. The molecule has 2 aliphatic rings. The Morgan fingerprint density at radius 2 is 1.60 bits per heavy atom. The highest BCUT2D eigenvalue weighted by Crippen LogP contribution is 2.33. The van der Waals surface area contributed by atoms with Gasteiger partial charge in [0.2, 0.25) is 5.91 Å². The van der Waals surface area contributed by atoms with E-state index < -0.39 is 41.9 Å². The lowest BCUT2D eigenvalue weighted by Gasteiger charge is -2.38. The van der Waals surface area contributed by atoms with Crippen molar-refractivity contribution in [3.05, 3.63) is 64.1 Å². The number of nitrogens with zero attached hydrogens (tertiary/aromatic N) is 4. The Labute approximate surface area is 390 Å².